The standard InChI is InChI=1S/C12H9BrFNO4S2/c1-6-4-10(20-11(6)12(16)17)21(18,19)15-9-5-7(13)2-3-8(9)14/h2-5,15H,1H3,(H,16,17). The number of nitrogens with one attached hydrogen (secondary N) is 1. The van der Waals surface area contributed by atoms with Crippen LogP contribution in [0.3, 0.4) is 0 Å². The van der Waals surface area contributed by atoms with Crippen molar-refractivity contribution < 1.29 is 22.7 Å². The van der Waals surface area contributed by atoms with E-state index in [1.54, 1.807) is 0 Å². The number of halogens is 2. The number of anilines is 1. The fourth-order valence-corrected chi connectivity index (χ4v) is 4.37. The van der Waals surface area contributed by atoms with E-state index in [-0.39, 0.29) is 14.8 Å². The largest absolute Gasteiger partial charge is 0.477 e. The summed E-state index contributed by atoms with van der Waals surface area (Å²) in [6.07, 6.45) is 0. The van der Waals surface area contributed by atoms with Crippen LogP contribution in [0.25, 0.3) is 0 Å². The van der Waals surface area contributed by atoms with Crippen LogP contribution in [-0.2, 0) is 10.0 Å². The molecule has 0 aliphatic rings. The van der Waals surface area contributed by atoms with Gasteiger partial charge in [-0.2, -0.15) is 0 Å². The maximum atomic E-state index is 13.6. The van der Waals surface area contributed by atoms with Gasteiger partial charge >= 0.3 is 5.97 Å². The van der Waals surface area contributed by atoms with Gasteiger partial charge in [0, 0.05) is 4.47 Å². The Balaban J connectivity index is 2.41. The Morgan fingerprint density at radius 2 is 2.05 bits per heavy atom. The third-order valence-corrected chi connectivity index (χ3v) is 6.08. The van der Waals surface area contributed by atoms with Crippen LogP contribution in [0.1, 0.15) is 15.2 Å². The van der Waals surface area contributed by atoms with Crippen LogP contribution in [0.15, 0.2) is 32.9 Å². The number of sulfonamides is 1. The topological polar surface area (TPSA) is 83.5 Å². The van der Waals surface area contributed by atoms with E-state index < -0.39 is 21.8 Å². The number of carbonyl (C=O) groups is 1. The summed E-state index contributed by atoms with van der Waals surface area (Å²) in [4.78, 5) is 10.9. The first kappa shape index (κ1) is 15.9. The fraction of sp³-hybridized carbons (Fsp3) is 0.0833. The van der Waals surface area contributed by atoms with E-state index in [2.05, 4.69) is 20.7 Å². The molecule has 0 saturated heterocycles. The number of benzene rings is 1. The van der Waals surface area contributed by atoms with Crippen LogP contribution in [0.5, 0.6) is 0 Å². The predicted octanol–water partition coefficient (Wildman–Crippen LogP) is 3.46. The Kier molecular flexibility index (Phi) is 4.35. The highest BCUT2D eigenvalue weighted by atomic mass is 79.9. The Morgan fingerprint density at radius 3 is 2.62 bits per heavy atom. The van der Waals surface area contributed by atoms with Crippen molar-refractivity contribution in [2.24, 2.45) is 0 Å². The molecule has 0 aliphatic carbocycles. The molecule has 0 amide bonds. The molecule has 2 aromatic rings. The van der Waals surface area contributed by atoms with Gasteiger partial charge in [0.2, 0.25) is 0 Å². The lowest BCUT2D eigenvalue weighted by molar-refractivity contribution is 0.0701. The predicted molar refractivity (Wildman–Crippen MR) is 80.9 cm³/mol. The summed E-state index contributed by atoms with van der Waals surface area (Å²) in [5.74, 6) is -1.93. The number of carboxylic acid groups (broad SMARTS) is 1. The molecule has 1 aromatic heterocycles. The summed E-state index contributed by atoms with van der Waals surface area (Å²) in [7, 11) is -4.04. The van der Waals surface area contributed by atoms with Gasteiger partial charge in [-0.3, -0.25) is 4.72 Å². The van der Waals surface area contributed by atoms with Crippen LogP contribution >= 0.6 is 27.3 Å². The van der Waals surface area contributed by atoms with Gasteiger partial charge in [0.1, 0.15) is 14.9 Å². The molecule has 9 heteroatoms. The zero-order chi connectivity index (χ0) is 15.8. The van der Waals surface area contributed by atoms with Gasteiger partial charge < -0.3 is 5.11 Å². The SMILES string of the molecule is Cc1cc(S(=O)(=O)Nc2cc(Br)ccc2F)sc1C(=O)O. The monoisotopic (exact) mass is 393 g/mol. The number of carboxylic acids is 1. The first-order chi connectivity index (χ1) is 9.70. The van der Waals surface area contributed by atoms with Crippen LogP contribution in [-0.4, -0.2) is 19.5 Å². The minimum absolute atomic E-state index is 0.0647. The molecule has 0 spiro atoms. The molecule has 21 heavy (non-hydrogen) atoms. The van der Waals surface area contributed by atoms with Crippen molar-refractivity contribution in [3.8, 4) is 0 Å². The smallest absolute Gasteiger partial charge is 0.346 e. The minimum atomic E-state index is -4.04. The molecule has 5 nitrogen and oxygen atoms in total. The van der Waals surface area contributed by atoms with Crippen molar-refractivity contribution in [2.75, 3.05) is 4.72 Å². The van der Waals surface area contributed by atoms with Gasteiger partial charge in [0.05, 0.1) is 5.69 Å². The van der Waals surface area contributed by atoms with E-state index >= 15 is 0 Å². The Morgan fingerprint density at radius 1 is 1.38 bits per heavy atom. The quantitative estimate of drug-likeness (QED) is 0.832. The number of aromatic carboxylic acids is 1. The molecule has 0 saturated carbocycles. The lowest BCUT2D eigenvalue weighted by Crippen LogP contribution is -2.12. The Bertz CT molecular complexity index is 817. The van der Waals surface area contributed by atoms with E-state index in [0.717, 1.165) is 6.07 Å². The number of rotatable bonds is 4. The highest BCUT2D eigenvalue weighted by molar-refractivity contribution is 9.10. The maximum Gasteiger partial charge on any atom is 0.346 e. The van der Waals surface area contributed by atoms with E-state index in [4.69, 9.17) is 5.11 Å². The van der Waals surface area contributed by atoms with E-state index in [0.29, 0.717) is 21.4 Å². The molecule has 1 heterocycles. The van der Waals surface area contributed by atoms with Crippen molar-refractivity contribution >= 4 is 48.9 Å². The van der Waals surface area contributed by atoms with Gasteiger partial charge in [0.15, 0.2) is 0 Å². The van der Waals surface area contributed by atoms with Crippen molar-refractivity contribution in [1.29, 1.82) is 0 Å². The summed E-state index contributed by atoms with van der Waals surface area (Å²) >= 11 is 3.74. The first-order valence-electron chi connectivity index (χ1n) is 5.52. The number of hydrogen-bond donors (Lipinski definition) is 2. The average molecular weight is 394 g/mol. The summed E-state index contributed by atoms with van der Waals surface area (Å²) in [5, 5.41) is 8.94. The molecule has 1 aromatic carbocycles. The number of hydrogen-bond acceptors (Lipinski definition) is 4. The number of thiophene rings is 1. The summed E-state index contributed by atoms with van der Waals surface area (Å²) in [5.41, 5.74) is 0.120. The van der Waals surface area contributed by atoms with Gasteiger partial charge in [0.25, 0.3) is 10.0 Å². The first-order valence-corrected chi connectivity index (χ1v) is 8.61. The highest BCUT2D eigenvalue weighted by Crippen LogP contribution is 2.29. The van der Waals surface area contributed by atoms with E-state index in [1.807, 2.05) is 0 Å². The van der Waals surface area contributed by atoms with Gasteiger partial charge in [-0.25, -0.2) is 17.6 Å². The van der Waals surface area contributed by atoms with Crippen molar-refractivity contribution in [3.63, 3.8) is 0 Å². The molecule has 2 rings (SSSR count). The van der Waals surface area contributed by atoms with E-state index in [1.165, 1.54) is 25.1 Å². The van der Waals surface area contributed by atoms with Crippen LogP contribution in [0.2, 0.25) is 0 Å². The van der Waals surface area contributed by atoms with Crippen LogP contribution in [0.4, 0.5) is 10.1 Å². The average Bonchev–Trinajstić information content (AvgIpc) is 2.77. The molecule has 0 fully saturated rings. The maximum absolute atomic E-state index is 13.6. The van der Waals surface area contributed by atoms with Crippen molar-refractivity contribution in [2.45, 2.75) is 11.1 Å². The summed E-state index contributed by atoms with van der Waals surface area (Å²) in [6, 6.07) is 5.08. The normalized spacial score (nSPS) is 11.4. The van der Waals surface area contributed by atoms with Crippen LogP contribution < -0.4 is 4.72 Å². The Hall–Kier alpha value is -1.45. The zero-order valence-corrected chi connectivity index (χ0v) is 13.8. The second-order valence-electron chi connectivity index (χ2n) is 4.11. The van der Waals surface area contributed by atoms with Gasteiger partial charge in [-0.1, -0.05) is 15.9 Å². The number of aryl methyl sites for hydroxylation is 1. The molecule has 112 valence electrons. The molecule has 0 bridgehead atoms. The third kappa shape index (κ3) is 3.42. The lowest BCUT2D eigenvalue weighted by atomic mass is 10.3. The zero-order valence-electron chi connectivity index (χ0n) is 10.6. The molecule has 0 aliphatic heterocycles. The lowest BCUT2D eigenvalue weighted by Gasteiger charge is -2.07. The van der Waals surface area contributed by atoms with Gasteiger partial charge in [-0.15, -0.1) is 11.3 Å². The van der Waals surface area contributed by atoms with Gasteiger partial charge in [-0.05, 0) is 36.8 Å². The second-order valence-corrected chi connectivity index (χ2v) is 7.99. The van der Waals surface area contributed by atoms with Crippen molar-refractivity contribution in [3.05, 3.63) is 45.0 Å². The second kappa shape index (κ2) is 5.74. The molecule has 0 unspecified atom stereocenters. The molecule has 2 N–H and O–H groups in total. The molecular formula is C12H9BrFNO4S2. The van der Waals surface area contributed by atoms with Crippen molar-refractivity contribution in [1.82, 2.24) is 0 Å². The Labute approximate surface area is 132 Å². The molecular weight excluding hydrogens is 385 g/mol. The highest BCUT2D eigenvalue weighted by Gasteiger charge is 2.22. The summed E-state index contributed by atoms with van der Waals surface area (Å²) < 4.78 is 40.4. The minimum Gasteiger partial charge on any atom is -0.477 e. The fourth-order valence-electron chi connectivity index (χ4n) is 1.57. The molecule has 0 radical (unpaired) electrons. The van der Waals surface area contributed by atoms with Crippen LogP contribution in [0, 0.1) is 12.7 Å². The summed E-state index contributed by atoms with van der Waals surface area (Å²) in [6.45, 7) is 1.50. The third-order valence-electron chi connectivity index (χ3n) is 2.53. The molecule has 0 atom stereocenters. The van der Waals surface area contributed by atoms with E-state index in [9.17, 15) is 17.6 Å².